The van der Waals surface area contributed by atoms with Gasteiger partial charge in [0.25, 0.3) is 0 Å². The molecule has 1 fully saturated rings. The number of aromatic nitrogens is 1. The molecule has 0 saturated carbocycles. The number of primary amides is 1. The SMILES string of the molecule is COc1cc(OC)cc(N(/N=C/c2ccc(Oc3ccnc4cc(OCCCN5CCOCC5)c(OC)cc34)c(F)c2)C(N)=O)c1. The van der Waals surface area contributed by atoms with Crippen molar-refractivity contribution in [3.8, 4) is 34.5 Å². The summed E-state index contributed by atoms with van der Waals surface area (Å²) in [6.45, 7) is 4.81. The number of ether oxygens (including phenoxy) is 6. The molecule has 0 radical (unpaired) electrons. The number of amides is 2. The lowest BCUT2D eigenvalue weighted by Gasteiger charge is -2.26. The number of nitrogens with zero attached hydrogens (tertiary/aromatic N) is 4. The van der Waals surface area contributed by atoms with Crippen LogP contribution in [0.25, 0.3) is 10.9 Å². The third kappa shape index (κ3) is 7.92. The van der Waals surface area contributed by atoms with Gasteiger partial charge < -0.3 is 34.2 Å². The van der Waals surface area contributed by atoms with E-state index in [4.69, 9.17) is 34.2 Å². The molecular formula is C33H36FN5O7. The Bertz CT molecular complexity index is 1670. The lowest BCUT2D eigenvalue weighted by molar-refractivity contribution is 0.0357. The highest BCUT2D eigenvalue weighted by atomic mass is 19.1. The van der Waals surface area contributed by atoms with E-state index in [0.717, 1.165) is 44.3 Å². The second kappa shape index (κ2) is 15.2. The molecule has 3 aromatic carbocycles. The first-order valence-electron chi connectivity index (χ1n) is 14.6. The molecule has 1 aromatic heterocycles. The third-order valence-electron chi connectivity index (χ3n) is 7.25. The smallest absolute Gasteiger partial charge is 0.340 e. The number of halogens is 1. The Morgan fingerprint density at radius 1 is 0.978 bits per heavy atom. The summed E-state index contributed by atoms with van der Waals surface area (Å²) >= 11 is 0. The zero-order chi connectivity index (χ0) is 32.5. The van der Waals surface area contributed by atoms with Crippen LogP contribution in [0.2, 0.25) is 0 Å². The van der Waals surface area contributed by atoms with Gasteiger partial charge in [0.2, 0.25) is 0 Å². The van der Waals surface area contributed by atoms with E-state index < -0.39 is 11.8 Å². The van der Waals surface area contributed by atoms with Gasteiger partial charge >= 0.3 is 6.03 Å². The molecule has 0 atom stereocenters. The molecule has 4 aromatic rings. The topological polar surface area (TPSA) is 130 Å². The van der Waals surface area contributed by atoms with Crippen LogP contribution in [0, 0.1) is 5.82 Å². The third-order valence-corrected chi connectivity index (χ3v) is 7.25. The molecule has 2 heterocycles. The normalized spacial score (nSPS) is 13.5. The van der Waals surface area contributed by atoms with E-state index in [1.165, 1.54) is 32.6 Å². The van der Waals surface area contributed by atoms with Crippen LogP contribution in [-0.2, 0) is 4.74 Å². The van der Waals surface area contributed by atoms with Crippen molar-refractivity contribution in [2.75, 3.05) is 65.8 Å². The Morgan fingerprint density at radius 3 is 2.41 bits per heavy atom. The highest BCUT2D eigenvalue weighted by molar-refractivity contribution is 5.93. The minimum absolute atomic E-state index is 0.0173. The fraction of sp³-hybridized carbons (Fsp3) is 0.303. The van der Waals surface area contributed by atoms with Crippen LogP contribution in [0.3, 0.4) is 0 Å². The molecule has 242 valence electrons. The fourth-order valence-electron chi connectivity index (χ4n) is 4.87. The van der Waals surface area contributed by atoms with Gasteiger partial charge in [-0.25, -0.2) is 9.18 Å². The zero-order valence-electron chi connectivity index (χ0n) is 25.9. The maximum absolute atomic E-state index is 15.3. The summed E-state index contributed by atoms with van der Waals surface area (Å²) in [5, 5.41) is 5.73. The minimum atomic E-state index is -0.853. The Balaban J connectivity index is 1.30. The highest BCUT2D eigenvalue weighted by Gasteiger charge is 2.16. The summed E-state index contributed by atoms with van der Waals surface area (Å²) in [4.78, 5) is 19.0. The number of nitrogens with two attached hydrogens (primary N) is 1. The number of rotatable bonds is 13. The number of hydrogen-bond acceptors (Lipinski definition) is 10. The maximum atomic E-state index is 15.3. The number of anilines is 1. The molecule has 1 aliphatic heterocycles. The number of methoxy groups -OCH3 is 3. The quantitative estimate of drug-likeness (QED) is 0.120. The molecule has 0 unspecified atom stereocenters. The van der Waals surface area contributed by atoms with Gasteiger partial charge in [0.1, 0.15) is 17.2 Å². The van der Waals surface area contributed by atoms with E-state index in [9.17, 15) is 4.79 Å². The Labute approximate surface area is 266 Å². The molecule has 13 heteroatoms. The first-order chi connectivity index (χ1) is 22.4. The molecule has 46 heavy (non-hydrogen) atoms. The van der Waals surface area contributed by atoms with Gasteiger partial charge in [0.15, 0.2) is 23.1 Å². The molecule has 12 nitrogen and oxygen atoms in total. The van der Waals surface area contributed by atoms with E-state index in [2.05, 4.69) is 15.0 Å². The molecule has 2 N–H and O–H groups in total. The second-order valence-corrected chi connectivity index (χ2v) is 10.2. The van der Waals surface area contributed by atoms with Gasteiger partial charge in [-0.1, -0.05) is 0 Å². The number of pyridine rings is 1. The predicted molar refractivity (Wildman–Crippen MR) is 171 cm³/mol. The van der Waals surface area contributed by atoms with Crippen LogP contribution in [-0.4, -0.2) is 82.9 Å². The lowest BCUT2D eigenvalue weighted by Crippen LogP contribution is -2.37. The van der Waals surface area contributed by atoms with Crippen molar-refractivity contribution in [2.45, 2.75) is 6.42 Å². The van der Waals surface area contributed by atoms with Crippen molar-refractivity contribution >= 4 is 28.8 Å². The molecule has 1 saturated heterocycles. The summed E-state index contributed by atoms with van der Waals surface area (Å²) in [5.74, 6) is 1.67. The van der Waals surface area contributed by atoms with Gasteiger partial charge in [-0.3, -0.25) is 9.88 Å². The summed E-state index contributed by atoms with van der Waals surface area (Å²) in [6.07, 6.45) is 3.74. The molecule has 2 amide bonds. The number of hydrazone groups is 1. The molecule has 5 rings (SSSR count). The van der Waals surface area contributed by atoms with E-state index in [1.807, 2.05) is 0 Å². The van der Waals surface area contributed by atoms with Crippen molar-refractivity contribution < 1.29 is 37.6 Å². The number of carbonyl (C=O) groups excluding carboxylic acids is 1. The van der Waals surface area contributed by atoms with Crippen LogP contribution in [0.15, 0.2) is 65.9 Å². The summed E-state index contributed by atoms with van der Waals surface area (Å²) in [6, 6.07) is 13.4. The standard InChI is InChI=1S/C33H36FN5O7/c1-41-24-16-23(17-25(18-24)42-2)39(33(35)40)37-21-22-5-6-30(27(34)15-22)46-29-7-8-36-28-20-32(31(43-3)19-26(28)29)45-12-4-9-38-10-13-44-14-11-38/h5-8,15-21H,4,9-14H2,1-3H3,(H2,35,40)/b37-21+. The van der Waals surface area contributed by atoms with Crippen LogP contribution in [0.1, 0.15) is 12.0 Å². The van der Waals surface area contributed by atoms with Crippen molar-refractivity contribution in [3.05, 3.63) is 72.2 Å². The van der Waals surface area contributed by atoms with Crippen LogP contribution < -0.4 is 34.4 Å². The minimum Gasteiger partial charge on any atom is -0.497 e. The van der Waals surface area contributed by atoms with Gasteiger partial charge in [-0.15, -0.1) is 0 Å². The van der Waals surface area contributed by atoms with Crippen LogP contribution in [0.4, 0.5) is 14.9 Å². The van der Waals surface area contributed by atoms with Crippen molar-refractivity contribution in [3.63, 3.8) is 0 Å². The largest absolute Gasteiger partial charge is 0.497 e. The monoisotopic (exact) mass is 633 g/mol. The van der Waals surface area contributed by atoms with E-state index in [-0.39, 0.29) is 5.75 Å². The summed E-state index contributed by atoms with van der Waals surface area (Å²) in [5.41, 5.74) is 6.83. The Morgan fingerprint density at radius 2 is 1.74 bits per heavy atom. The number of carbonyl (C=O) groups is 1. The number of benzene rings is 3. The van der Waals surface area contributed by atoms with E-state index in [0.29, 0.717) is 57.5 Å². The highest BCUT2D eigenvalue weighted by Crippen LogP contribution is 2.38. The number of fused-ring (bicyclic) bond motifs is 1. The average molecular weight is 634 g/mol. The molecule has 1 aliphatic rings. The first kappa shape index (κ1) is 32.3. The van der Waals surface area contributed by atoms with Gasteiger partial charge in [-0.2, -0.15) is 10.1 Å². The molecular weight excluding hydrogens is 597 g/mol. The summed E-state index contributed by atoms with van der Waals surface area (Å²) in [7, 11) is 4.52. The van der Waals surface area contributed by atoms with Gasteiger partial charge in [0.05, 0.1) is 58.6 Å². The number of morpholine rings is 1. The molecule has 0 spiro atoms. The first-order valence-corrected chi connectivity index (χ1v) is 14.6. The Kier molecular flexibility index (Phi) is 10.7. The lowest BCUT2D eigenvalue weighted by atomic mass is 10.1. The van der Waals surface area contributed by atoms with E-state index >= 15 is 4.39 Å². The molecule has 0 aliphatic carbocycles. The van der Waals surface area contributed by atoms with Crippen molar-refractivity contribution in [2.24, 2.45) is 10.8 Å². The van der Waals surface area contributed by atoms with Crippen molar-refractivity contribution in [1.82, 2.24) is 9.88 Å². The molecule has 0 bridgehead atoms. The van der Waals surface area contributed by atoms with E-state index in [1.54, 1.807) is 55.8 Å². The maximum Gasteiger partial charge on any atom is 0.340 e. The number of hydrogen-bond donors (Lipinski definition) is 1. The van der Waals surface area contributed by atoms with Crippen LogP contribution >= 0.6 is 0 Å². The second-order valence-electron chi connectivity index (χ2n) is 10.2. The Hall–Kier alpha value is -5.14. The zero-order valence-corrected chi connectivity index (χ0v) is 25.9. The average Bonchev–Trinajstić information content (AvgIpc) is 3.07. The van der Waals surface area contributed by atoms with Crippen LogP contribution in [0.5, 0.6) is 34.5 Å². The predicted octanol–water partition coefficient (Wildman–Crippen LogP) is 5.21. The van der Waals surface area contributed by atoms with Gasteiger partial charge in [-0.05, 0) is 42.3 Å². The van der Waals surface area contributed by atoms with Crippen molar-refractivity contribution in [1.29, 1.82) is 0 Å². The number of urea groups is 1. The fourth-order valence-corrected chi connectivity index (χ4v) is 4.87. The summed E-state index contributed by atoms with van der Waals surface area (Å²) < 4.78 is 48.8. The van der Waals surface area contributed by atoms with Gasteiger partial charge in [0, 0.05) is 55.5 Å².